The van der Waals surface area contributed by atoms with Crippen molar-refractivity contribution in [2.24, 2.45) is 5.92 Å². The summed E-state index contributed by atoms with van der Waals surface area (Å²) in [5, 5.41) is 4.45. The molecule has 3 heterocycles. The Morgan fingerprint density at radius 2 is 2.00 bits per heavy atom. The molecule has 33 heavy (non-hydrogen) atoms. The van der Waals surface area contributed by atoms with E-state index >= 15 is 0 Å². The number of piperidine rings is 1. The summed E-state index contributed by atoms with van der Waals surface area (Å²) in [7, 11) is 0. The molecule has 0 unspecified atom stereocenters. The molecule has 1 fully saturated rings. The van der Waals surface area contributed by atoms with Gasteiger partial charge in [-0.05, 0) is 48.7 Å². The molecule has 1 saturated heterocycles. The molecule has 168 valence electrons. The number of fused-ring (bicyclic) bond motifs is 1. The highest BCUT2D eigenvalue weighted by atomic mass is 35.5. The van der Waals surface area contributed by atoms with Gasteiger partial charge < -0.3 is 19.6 Å². The van der Waals surface area contributed by atoms with Crippen LogP contribution in [0.4, 0.5) is 5.69 Å². The van der Waals surface area contributed by atoms with Crippen LogP contribution >= 0.6 is 11.6 Å². The fourth-order valence-electron chi connectivity index (χ4n) is 4.58. The SMILES string of the molecule is O=C(NCc1ccco1)[C@@H]1CCCN(c2c(-c3ccccc3)c3cc(Cl)ccc3[nH]c2=O)C1. The van der Waals surface area contributed by atoms with Crippen LogP contribution in [-0.2, 0) is 11.3 Å². The lowest BCUT2D eigenvalue weighted by atomic mass is 9.94. The summed E-state index contributed by atoms with van der Waals surface area (Å²) in [5.74, 6) is 0.467. The minimum Gasteiger partial charge on any atom is -0.467 e. The van der Waals surface area contributed by atoms with Gasteiger partial charge in [0.2, 0.25) is 5.91 Å². The molecule has 0 spiro atoms. The Bertz CT molecular complexity index is 1330. The Hall–Kier alpha value is -3.51. The maximum atomic E-state index is 13.3. The Morgan fingerprint density at radius 1 is 1.15 bits per heavy atom. The number of hydrogen-bond donors (Lipinski definition) is 2. The van der Waals surface area contributed by atoms with Gasteiger partial charge >= 0.3 is 0 Å². The van der Waals surface area contributed by atoms with Crippen LogP contribution in [0.2, 0.25) is 5.02 Å². The number of carbonyl (C=O) groups excluding carboxylic acids is 1. The molecule has 0 aliphatic carbocycles. The Kier molecular flexibility index (Phi) is 5.92. The largest absolute Gasteiger partial charge is 0.467 e. The summed E-state index contributed by atoms with van der Waals surface area (Å²) in [5.41, 5.74) is 2.93. The first-order chi connectivity index (χ1) is 16.1. The molecule has 7 heteroatoms. The number of nitrogens with zero attached hydrogens (tertiary/aromatic N) is 1. The first-order valence-corrected chi connectivity index (χ1v) is 11.4. The summed E-state index contributed by atoms with van der Waals surface area (Å²) in [6.45, 7) is 1.53. The van der Waals surface area contributed by atoms with Crippen molar-refractivity contribution in [3.05, 3.63) is 88.1 Å². The lowest BCUT2D eigenvalue weighted by molar-refractivity contribution is -0.125. The summed E-state index contributed by atoms with van der Waals surface area (Å²) in [6, 6.07) is 19.0. The molecule has 4 aromatic rings. The predicted molar refractivity (Wildman–Crippen MR) is 131 cm³/mol. The quantitative estimate of drug-likeness (QED) is 0.439. The van der Waals surface area contributed by atoms with Crippen molar-refractivity contribution >= 4 is 34.1 Å². The molecule has 1 atom stereocenters. The lowest BCUT2D eigenvalue weighted by Gasteiger charge is -2.34. The number of pyridine rings is 1. The number of anilines is 1. The fraction of sp³-hybridized carbons (Fsp3) is 0.231. The van der Waals surface area contributed by atoms with Gasteiger partial charge in [0.15, 0.2) is 0 Å². The molecule has 2 N–H and O–H groups in total. The zero-order chi connectivity index (χ0) is 22.8. The summed E-state index contributed by atoms with van der Waals surface area (Å²) < 4.78 is 5.31. The van der Waals surface area contributed by atoms with Gasteiger partial charge in [-0.15, -0.1) is 0 Å². The molecule has 2 aromatic heterocycles. The van der Waals surface area contributed by atoms with Crippen molar-refractivity contribution in [2.75, 3.05) is 18.0 Å². The van der Waals surface area contributed by atoms with E-state index < -0.39 is 0 Å². The fourth-order valence-corrected chi connectivity index (χ4v) is 4.75. The maximum absolute atomic E-state index is 13.3. The van der Waals surface area contributed by atoms with E-state index in [1.54, 1.807) is 18.4 Å². The first-order valence-electron chi connectivity index (χ1n) is 11.1. The van der Waals surface area contributed by atoms with Crippen LogP contribution in [0.3, 0.4) is 0 Å². The van der Waals surface area contributed by atoms with Gasteiger partial charge in [-0.3, -0.25) is 9.59 Å². The molecule has 1 aliphatic heterocycles. The maximum Gasteiger partial charge on any atom is 0.272 e. The molecule has 0 radical (unpaired) electrons. The average Bonchev–Trinajstić information content (AvgIpc) is 3.36. The predicted octanol–water partition coefficient (Wildman–Crippen LogP) is 4.97. The van der Waals surface area contributed by atoms with Gasteiger partial charge in [0.25, 0.3) is 5.56 Å². The number of furan rings is 1. The van der Waals surface area contributed by atoms with Crippen LogP contribution in [-0.4, -0.2) is 24.0 Å². The van der Waals surface area contributed by atoms with Crippen LogP contribution in [0.1, 0.15) is 18.6 Å². The van der Waals surface area contributed by atoms with Crippen molar-refractivity contribution < 1.29 is 9.21 Å². The zero-order valence-electron chi connectivity index (χ0n) is 18.0. The molecule has 0 saturated carbocycles. The van der Waals surface area contributed by atoms with Gasteiger partial charge in [0, 0.05) is 34.6 Å². The van der Waals surface area contributed by atoms with Gasteiger partial charge in [0.1, 0.15) is 11.4 Å². The molecule has 0 bridgehead atoms. The number of nitrogens with one attached hydrogen (secondary N) is 2. The lowest BCUT2D eigenvalue weighted by Crippen LogP contribution is -2.44. The Balaban J connectivity index is 1.51. The minimum absolute atomic E-state index is 0.0300. The highest BCUT2D eigenvalue weighted by molar-refractivity contribution is 6.31. The van der Waals surface area contributed by atoms with Gasteiger partial charge in [-0.1, -0.05) is 41.9 Å². The van der Waals surface area contributed by atoms with Crippen LogP contribution in [0, 0.1) is 5.92 Å². The van der Waals surface area contributed by atoms with E-state index in [0.717, 1.165) is 34.9 Å². The van der Waals surface area contributed by atoms with Crippen LogP contribution in [0.25, 0.3) is 22.0 Å². The molecule has 5 rings (SSSR count). The number of aromatic nitrogens is 1. The Labute approximate surface area is 196 Å². The number of halogens is 1. The standard InChI is InChI=1S/C26H24ClN3O3/c27-19-10-11-22-21(14-19)23(17-6-2-1-3-7-17)24(26(32)29-22)30-12-4-8-18(16-30)25(31)28-15-20-9-5-13-33-20/h1-3,5-7,9-11,13-14,18H,4,8,12,15-16H2,(H,28,31)(H,29,32)/t18-/m1/s1. The monoisotopic (exact) mass is 461 g/mol. The Morgan fingerprint density at radius 3 is 2.79 bits per heavy atom. The second-order valence-corrected chi connectivity index (χ2v) is 8.75. The van der Waals surface area contributed by atoms with Crippen LogP contribution in [0.15, 0.2) is 76.1 Å². The van der Waals surface area contributed by atoms with Gasteiger partial charge in [0.05, 0.1) is 18.7 Å². The summed E-state index contributed by atoms with van der Waals surface area (Å²) in [6.07, 6.45) is 3.19. The van der Waals surface area contributed by atoms with Crippen molar-refractivity contribution in [1.82, 2.24) is 10.3 Å². The number of H-pyrrole nitrogens is 1. The average molecular weight is 462 g/mol. The third kappa shape index (κ3) is 4.39. The highest BCUT2D eigenvalue weighted by Crippen LogP contribution is 2.37. The van der Waals surface area contributed by atoms with Crippen LogP contribution in [0.5, 0.6) is 0 Å². The third-order valence-electron chi connectivity index (χ3n) is 6.14. The zero-order valence-corrected chi connectivity index (χ0v) is 18.8. The van der Waals surface area contributed by atoms with Crippen molar-refractivity contribution in [3.8, 4) is 11.1 Å². The van der Waals surface area contributed by atoms with E-state index in [0.29, 0.717) is 36.1 Å². The van der Waals surface area contributed by atoms with Gasteiger partial charge in [-0.25, -0.2) is 0 Å². The topological polar surface area (TPSA) is 78.3 Å². The smallest absolute Gasteiger partial charge is 0.272 e. The number of amides is 1. The number of carbonyl (C=O) groups is 1. The summed E-state index contributed by atoms with van der Waals surface area (Å²) in [4.78, 5) is 31.3. The van der Waals surface area contributed by atoms with E-state index in [1.807, 2.05) is 53.4 Å². The number of benzene rings is 2. The third-order valence-corrected chi connectivity index (χ3v) is 6.37. The molecule has 1 amide bonds. The summed E-state index contributed by atoms with van der Waals surface area (Å²) >= 11 is 6.33. The van der Waals surface area contributed by atoms with Crippen molar-refractivity contribution in [2.45, 2.75) is 19.4 Å². The molecule has 1 aliphatic rings. The molecule has 2 aromatic carbocycles. The number of aromatic amines is 1. The molecular formula is C26H24ClN3O3. The van der Waals surface area contributed by atoms with E-state index in [4.69, 9.17) is 16.0 Å². The first kappa shape index (κ1) is 21.3. The van der Waals surface area contributed by atoms with Crippen molar-refractivity contribution in [3.63, 3.8) is 0 Å². The van der Waals surface area contributed by atoms with E-state index in [2.05, 4.69) is 10.3 Å². The minimum atomic E-state index is -0.216. The molecule has 6 nitrogen and oxygen atoms in total. The van der Waals surface area contributed by atoms with Gasteiger partial charge in [-0.2, -0.15) is 0 Å². The molecular weight excluding hydrogens is 438 g/mol. The highest BCUT2D eigenvalue weighted by Gasteiger charge is 2.29. The van der Waals surface area contributed by atoms with Crippen LogP contribution < -0.4 is 15.8 Å². The van der Waals surface area contributed by atoms with E-state index in [-0.39, 0.29) is 17.4 Å². The van der Waals surface area contributed by atoms with Crippen molar-refractivity contribution in [1.29, 1.82) is 0 Å². The second-order valence-electron chi connectivity index (χ2n) is 8.32. The number of hydrogen-bond acceptors (Lipinski definition) is 4. The number of rotatable bonds is 5. The van der Waals surface area contributed by atoms with E-state index in [1.165, 1.54) is 0 Å². The second kappa shape index (κ2) is 9.16. The normalized spacial score (nSPS) is 16.2. The van der Waals surface area contributed by atoms with E-state index in [9.17, 15) is 9.59 Å².